The Hall–Kier alpha value is -3.18. The number of anilines is 1. The third-order valence-corrected chi connectivity index (χ3v) is 5.73. The van der Waals surface area contributed by atoms with Crippen molar-refractivity contribution in [3.63, 3.8) is 0 Å². The molecule has 3 aromatic carbocycles. The second kappa shape index (κ2) is 8.88. The third kappa shape index (κ3) is 4.63. The van der Waals surface area contributed by atoms with E-state index in [1.807, 2.05) is 66.7 Å². The van der Waals surface area contributed by atoms with Crippen LogP contribution in [0, 0.1) is 6.92 Å². The van der Waals surface area contributed by atoms with Crippen molar-refractivity contribution in [1.82, 2.24) is 0 Å². The Labute approximate surface area is 175 Å². The molecule has 0 bridgehead atoms. The predicted molar refractivity (Wildman–Crippen MR) is 122 cm³/mol. The van der Waals surface area contributed by atoms with Crippen molar-refractivity contribution >= 4 is 34.7 Å². The Bertz CT molecular complexity index is 1050. The SMILES string of the molecule is Cc1cccc(CC2SC(=NN=Cc3ccccc3)N(c3ccccc3)C2=O)c1. The lowest BCUT2D eigenvalue weighted by Gasteiger charge is -2.15. The smallest absolute Gasteiger partial charge is 0.247 e. The predicted octanol–water partition coefficient (Wildman–Crippen LogP) is 5.08. The molecule has 1 amide bonds. The summed E-state index contributed by atoms with van der Waals surface area (Å²) >= 11 is 1.47. The fourth-order valence-electron chi connectivity index (χ4n) is 3.22. The Balaban J connectivity index is 1.61. The second-order valence-electron chi connectivity index (χ2n) is 6.85. The second-order valence-corrected chi connectivity index (χ2v) is 8.02. The zero-order valence-corrected chi connectivity index (χ0v) is 16.9. The van der Waals surface area contributed by atoms with Gasteiger partial charge in [-0.15, -0.1) is 5.10 Å². The van der Waals surface area contributed by atoms with E-state index in [0.717, 1.165) is 16.8 Å². The number of benzene rings is 3. The first-order valence-electron chi connectivity index (χ1n) is 9.48. The van der Waals surface area contributed by atoms with Crippen LogP contribution in [-0.4, -0.2) is 22.5 Å². The van der Waals surface area contributed by atoms with Gasteiger partial charge in [0, 0.05) is 0 Å². The topological polar surface area (TPSA) is 45.0 Å². The van der Waals surface area contributed by atoms with Gasteiger partial charge in [-0.25, -0.2) is 0 Å². The minimum atomic E-state index is -0.220. The van der Waals surface area contributed by atoms with Crippen molar-refractivity contribution in [1.29, 1.82) is 0 Å². The molecule has 1 heterocycles. The summed E-state index contributed by atoms with van der Waals surface area (Å²) in [5, 5.41) is 9.01. The molecule has 0 saturated carbocycles. The summed E-state index contributed by atoms with van der Waals surface area (Å²) in [6, 6.07) is 27.7. The number of carbonyl (C=O) groups excluding carboxylic acids is 1. The molecule has 0 aliphatic carbocycles. The van der Waals surface area contributed by atoms with Gasteiger partial charge in [0.15, 0.2) is 5.17 Å². The van der Waals surface area contributed by atoms with Crippen LogP contribution in [0.5, 0.6) is 0 Å². The van der Waals surface area contributed by atoms with Crippen molar-refractivity contribution in [2.45, 2.75) is 18.6 Å². The van der Waals surface area contributed by atoms with Crippen molar-refractivity contribution in [2.75, 3.05) is 4.90 Å². The minimum Gasteiger partial charge on any atom is -0.273 e. The Kier molecular flexibility index (Phi) is 5.86. The van der Waals surface area contributed by atoms with Crippen LogP contribution in [0.15, 0.2) is 95.1 Å². The van der Waals surface area contributed by atoms with Crippen LogP contribution in [0.3, 0.4) is 0 Å². The Morgan fingerprint density at radius 3 is 2.41 bits per heavy atom. The molecule has 1 aliphatic heterocycles. The highest BCUT2D eigenvalue weighted by atomic mass is 32.2. The summed E-state index contributed by atoms with van der Waals surface area (Å²) in [6.45, 7) is 2.06. The first-order valence-corrected chi connectivity index (χ1v) is 10.4. The first-order chi connectivity index (χ1) is 14.2. The van der Waals surface area contributed by atoms with Crippen molar-refractivity contribution in [3.8, 4) is 0 Å². The van der Waals surface area contributed by atoms with Crippen LogP contribution >= 0.6 is 11.8 Å². The summed E-state index contributed by atoms with van der Waals surface area (Å²) in [6.07, 6.45) is 2.37. The molecule has 0 aromatic heterocycles. The van der Waals surface area contributed by atoms with E-state index in [4.69, 9.17) is 0 Å². The fraction of sp³-hybridized carbons (Fsp3) is 0.125. The number of carbonyl (C=O) groups is 1. The number of para-hydroxylation sites is 1. The van der Waals surface area contributed by atoms with Gasteiger partial charge in [0.05, 0.1) is 17.2 Å². The van der Waals surface area contributed by atoms with Crippen molar-refractivity contribution in [2.24, 2.45) is 10.2 Å². The molecule has 0 radical (unpaired) electrons. The molecule has 1 aliphatic rings. The van der Waals surface area contributed by atoms with E-state index in [0.29, 0.717) is 11.6 Å². The number of aryl methyl sites for hydroxylation is 1. The van der Waals surface area contributed by atoms with Gasteiger partial charge in [0.1, 0.15) is 0 Å². The summed E-state index contributed by atoms with van der Waals surface area (Å²) in [4.78, 5) is 14.9. The molecular weight excluding hydrogens is 378 g/mol. The molecule has 1 fully saturated rings. The van der Waals surface area contributed by atoms with Crippen LogP contribution in [0.1, 0.15) is 16.7 Å². The molecule has 1 saturated heterocycles. The lowest BCUT2D eigenvalue weighted by molar-refractivity contribution is -0.116. The van der Waals surface area contributed by atoms with Gasteiger partial charge >= 0.3 is 0 Å². The molecule has 1 unspecified atom stereocenters. The normalized spacial score (nSPS) is 18.1. The van der Waals surface area contributed by atoms with Gasteiger partial charge in [0.25, 0.3) is 0 Å². The lowest BCUT2D eigenvalue weighted by atomic mass is 10.1. The molecule has 4 rings (SSSR count). The molecule has 4 nitrogen and oxygen atoms in total. The number of hydrogen-bond donors (Lipinski definition) is 0. The van der Waals surface area contributed by atoms with Gasteiger partial charge in [-0.05, 0) is 36.6 Å². The standard InChI is InChI=1S/C24H21N3OS/c1-18-9-8-12-20(15-18)16-22-23(28)27(21-13-6-3-7-14-21)24(29-22)26-25-17-19-10-4-2-5-11-19/h2-15,17,22H,16H2,1H3. The molecular formula is C24H21N3OS. The van der Waals surface area contributed by atoms with Crippen LogP contribution in [0.2, 0.25) is 0 Å². The maximum Gasteiger partial charge on any atom is 0.247 e. The molecule has 144 valence electrons. The summed E-state index contributed by atoms with van der Waals surface area (Å²) in [5.74, 6) is 0.0383. The van der Waals surface area contributed by atoms with Crippen LogP contribution in [-0.2, 0) is 11.2 Å². The van der Waals surface area contributed by atoms with Gasteiger partial charge in [-0.3, -0.25) is 9.69 Å². The van der Waals surface area contributed by atoms with Crippen molar-refractivity contribution in [3.05, 3.63) is 102 Å². The zero-order valence-electron chi connectivity index (χ0n) is 16.1. The van der Waals surface area contributed by atoms with Gasteiger partial charge in [-0.2, -0.15) is 5.10 Å². The third-order valence-electron chi connectivity index (χ3n) is 4.60. The number of hydrogen-bond acceptors (Lipinski definition) is 4. The van der Waals surface area contributed by atoms with E-state index in [1.54, 1.807) is 11.1 Å². The maximum absolute atomic E-state index is 13.2. The van der Waals surface area contributed by atoms with E-state index in [1.165, 1.54) is 17.3 Å². The highest BCUT2D eigenvalue weighted by Gasteiger charge is 2.39. The largest absolute Gasteiger partial charge is 0.273 e. The van der Waals surface area contributed by atoms with E-state index in [2.05, 4.69) is 35.3 Å². The van der Waals surface area contributed by atoms with E-state index < -0.39 is 0 Å². The molecule has 5 heteroatoms. The highest BCUT2D eigenvalue weighted by molar-refractivity contribution is 8.16. The number of amidine groups is 1. The molecule has 0 N–H and O–H groups in total. The fourth-order valence-corrected chi connectivity index (χ4v) is 4.35. The summed E-state index contributed by atoms with van der Waals surface area (Å²) < 4.78 is 0. The van der Waals surface area contributed by atoms with E-state index in [-0.39, 0.29) is 11.2 Å². The minimum absolute atomic E-state index is 0.0383. The maximum atomic E-state index is 13.2. The summed E-state index contributed by atoms with van der Waals surface area (Å²) in [5.41, 5.74) is 4.12. The molecule has 1 atom stereocenters. The van der Waals surface area contributed by atoms with Crippen LogP contribution < -0.4 is 4.90 Å². The van der Waals surface area contributed by atoms with Crippen LogP contribution in [0.4, 0.5) is 5.69 Å². The van der Waals surface area contributed by atoms with Gasteiger partial charge in [-0.1, -0.05) is 90.1 Å². The molecule has 3 aromatic rings. The Morgan fingerprint density at radius 2 is 1.69 bits per heavy atom. The zero-order chi connectivity index (χ0) is 20.1. The van der Waals surface area contributed by atoms with E-state index in [9.17, 15) is 4.79 Å². The van der Waals surface area contributed by atoms with Gasteiger partial charge in [0.2, 0.25) is 5.91 Å². The monoisotopic (exact) mass is 399 g/mol. The average Bonchev–Trinajstić information content (AvgIpc) is 3.04. The molecule has 0 spiro atoms. The quantitative estimate of drug-likeness (QED) is 0.444. The van der Waals surface area contributed by atoms with Crippen LogP contribution in [0.25, 0.3) is 0 Å². The number of rotatable bonds is 5. The highest BCUT2D eigenvalue weighted by Crippen LogP contribution is 2.34. The first kappa shape index (κ1) is 19.2. The van der Waals surface area contributed by atoms with E-state index >= 15 is 0 Å². The van der Waals surface area contributed by atoms with Crippen molar-refractivity contribution < 1.29 is 4.79 Å². The molecule has 29 heavy (non-hydrogen) atoms. The summed E-state index contributed by atoms with van der Waals surface area (Å²) in [7, 11) is 0. The number of thioether (sulfide) groups is 1. The average molecular weight is 400 g/mol. The Morgan fingerprint density at radius 1 is 0.966 bits per heavy atom. The number of nitrogens with zero attached hydrogens (tertiary/aromatic N) is 3. The lowest BCUT2D eigenvalue weighted by Crippen LogP contribution is -2.32. The van der Waals surface area contributed by atoms with Gasteiger partial charge < -0.3 is 0 Å². The number of amides is 1.